The van der Waals surface area contributed by atoms with E-state index in [1.54, 1.807) is 14.2 Å². The van der Waals surface area contributed by atoms with Gasteiger partial charge in [0.05, 0.1) is 26.1 Å². The Hall–Kier alpha value is -2.96. The van der Waals surface area contributed by atoms with E-state index in [2.05, 4.69) is 4.99 Å². The molecule has 27 heavy (non-hydrogen) atoms. The molecular formula is C20H25N4O3+. The minimum absolute atomic E-state index is 0.250. The number of imide groups is 1. The lowest BCUT2D eigenvalue weighted by Gasteiger charge is -2.32. The number of ether oxygens (including phenoxy) is 1. The van der Waals surface area contributed by atoms with Crippen LogP contribution in [0.1, 0.15) is 18.9 Å². The predicted octanol–water partition coefficient (Wildman–Crippen LogP) is 0.605. The third-order valence-electron chi connectivity index (χ3n) is 4.98. The molecular weight excluding hydrogens is 344 g/mol. The van der Waals surface area contributed by atoms with Crippen LogP contribution in [0, 0.1) is 5.92 Å². The summed E-state index contributed by atoms with van der Waals surface area (Å²) in [5.74, 6) is 0.569. The number of amides is 3. The lowest BCUT2D eigenvalue weighted by Crippen LogP contribution is -2.80. The number of urea groups is 1. The molecule has 2 heterocycles. The molecule has 3 rings (SSSR count). The van der Waals surface area contributed by atoms with Crippen molar-refractivity contribution in [1.82, 2.24) is 9.80 Å². The summed E-state index contributed by atoms with van der Waals surface area (Å²) in [7, 11) is 4.82. The number of allylic oxidation sites excluding steroid dienone is 1. The van der Waals surface area contributed by atoms with Crippen LogP contribution < -0.4 is 9.73 Å². The molecule has 1 saturated heterocycles. The van der Waals surface area contributed by atoms with E-state index in [0.29, 0.717) is 12.4 Å². The molecule has 1 N–H and O–H groups in total. The molecule has 0 bridgehead atoms. The lowest BCUT2D eigenvalue weighted by molar-refractivity contribution is -0.383. The van der Waals surface area contributed by atoms with E-state index < -0.39 is 5.92 Å². The van der Waals surface area contributed by atoms with Crippen LogP contribution in [-0.2, 0) is 11.2 Å². The van der Waals surface area contributed by atoms with Gasteiger partial charge >= 0.3 is 6.03 Å². The number of amidine groups is 1. The number of carbonyl (C=O) groups excluding carboxylic acids is 2. The minimum atomic E-state index is -0.567. The maximum Gasteiger partial charge on any atom is 0.417 e. The number of rotatable bonds is 5. The second-order valence-electron chi connectivity index (χ2n) is 6.59. The average Bonchev–Trinajstić information content (AvgIpc) is 2.70. The van der Waals surface area contributed by atoms with Gasteiger partial charge in [-0.3, -0.25) is 9.79 Å². The van der Waals surface area contributed by atoms with Crippen LogP contribution in [0.2, 0.25) is 0 Å². The highest BCUT2D eigenvalue weighted by Gasteiger charge is 2.50. The molecule has 1 atom stereocenters. The topological polar surface area (TPSA) is 76.2 Å². The van der Waals surface area contributed by atoms with Crippen molar-refractivity contribution in [1.29, 1.82) is 0 Å². The molecule has 142 valence electrons. The van der Waals surface area contributed by atoms with Crippen LogP contribution in [0.5, 0.6) is 5.75 Å². The van der Waals surface area contributed by atoms with Crippen LogP contribution in [0.3, 0.4) is 0 Å². The van der Waals surface area contributed by atoms with Gasteiger partial charge in [0, 0.05) is 19.2 Å². The SMILES string of the molecule is CCC1=C[NH+]=C2C(C(=O)N(C)C(=O)N2C)C1=NCCc1cccc(OC)c1. The summed E-state index contributed by atoms with van der Waals surface area (Å²) in [4.78, 5) is 35.5. The fourth-order valence-electron chi connectivity index (χ4n) is 3.38. The van der Waals surface area contributed by atoms with Crippen LogP contribution in [-0.4, -0.2) is 61.0 Å². The Kier molecular flexibility index (Phi) is 5.39. The zero-order valence-electron chi connectivity index (χ0n) is 16.2. The highest BCUT2D eigenvalue weighted by molar-refractivity contribution is 6.31. The Morgan fingerprint density at radius 3 is 2.70 bits per heavy atom. The quantitative estimate of drug-likeness (QED) is 0.826. The fourth-order valence-corrected chi connectivity index (χ4v) is 3.38. The van der Waals surface area contributed by atoms with Crippen molar-refractivity contribution >= 4 is 23.5 Å². The van der Waals surface area contributed by atoms with Crippen molar-refractivity contribution in [2.24, 2.45) is 10.9 Å². The zero-order valence-corrected chi connectivity index (χ0v) is 16.2. The number of nitrogens with one attached hydrogen (secondary N) is 1. The van der Waals surface area contributed by atoms with Gasteiger partial charge in [0.2, 0.25) is 0 Å². The van der Waals surface area contributed by atoms with E-state index in [0.717, 1.165) is 40.3 Å². The van der Waals surface area contributed by atoms with Crippen molar-refractivity contribution in [3.63, 3.8) is 0 Å². The number of aliphatic imine (C=N–C) groups is 1. The Morgan fingerprint density at radius 2 is 2.00 bits per heavy atom. The molecule has 1 fully saturated rings. The lowest BCUT2D eigenvalue weighted by atomic mass is 9.89. The summed E-state index contributed by atoms with van der Waals surface area (Å²) < 4.78 is 5.26. The standard InChI is InChI=1S/C20H24N4O3/c1-5-14-12-22-18-16(19(25)24(3)20(26)23(18)2)17(14)21-10-9-13-7-6-8-15(11-13)27-4/h6-8,11-12,16H,5,9-10H2,1-4H3/p+1. The molecule has 1 aromatic rings. The summed E-state index contributed by atoms with van der Waals surface area (Å²) in [6.07, 6.45) is 3.34. The molecule has 0 radical (unpaired) electrons. The molecule has 7 nitrogen and oxygen atoms in total. The molecule has 0 aromatic heterocycles. The summed E-state index contributed by atoms with van der Waals surface area (Å²) in [6, 6.07) is 7.54. The molecule has 1 aromatic carbocycles. The summed E-state index contributed by atoms with van der Waals surface area (Å²) in [5.41, 5.74) is 2.85. The van der Waals surface area contributed by atoms with Crippen LogP contribution in [0.15, 0.2) is 41.0 Å². The second-order valence-corrected chi connectivity index (χ2v) is 6.59. The number of carbonyl (C=O) groups is 2. The number of benzene rings is 1. The Balaban J connectivity index is 1.86. The Bertz CT molecular complexity index is 857. The summed E-state index contributed by atoms with van der Waals surface area (Å²) in [5, 5.41) is 0. The zero-order chi connectivity index (χ0) is 19.6. The van der Waals surface area contributed by atoms with Crippen LogP contribution >= 0.6 is 0 Å². The van der Waals surface area contributed by atoms with Gasteiger partial charge in [-0.1, -0.05) is 19.1 Å². The molecule has 2 aliphatic heterocycles. The van der Waals surface area contributed by atoms with Crippen molar-refractivity contribution < 1.29 is 19.3 Å². The monoisotopic (exact) mass is 369 g/mol. The van der Waals surface area contributed by atoms with Gasteiger partial charge in [-0.25, -0.2) is 14.7 Å². The largest absolute Gasteiger partial charge is 0.497 e. The summed E-state index contributed by atoms with van der Waals surface area (Å²) >= 11 is 0. The minimum Gasteiger partial charge on any atom is -0.497 e. The molecule has 0 saturated carbocycles. The van der Waals surface area contributed by atoms with Gasteiger partial charge in [-0.05, 0) is 30.5 Å². The molecule has 1 unspecified atom stereocenters. The number of methoxy groups -OCH3 is 1. The number of hydrogen-bond donors (Lipinski definition) is 1. The smallest absolute Gasteiger partial charge is 0.417 e. The van der Waals surface area contributed by atoms with E-state index in [9.17, 15) is 9.59 Å². The maximum absolute atomic E-state index is 12.8. The Labute approximate surface area is 159 Å². The molecule has 2 aliphatic rings. The van der Waals surface area contributed by atoms with Crippen molar-refractivity contribution in [2.75, 3.05) is 27.7 Å². The Morgan fingerprint density at radius 1 is 1.22 bits per heavy atom. The first-order valence-corrected chi connectivity index (χ1v) is 9.03. The van der Waals surface area contributed by atoms with Gasteiger partial charge in [-0.15, -0.1) is 0 Å². The van der Waals surface area contributed by atoms with E-state index in [4.69, 9.17) is 9.73 Å². The first kappa shape index (κ1) is 18.8. The maximum atomic E-state index is 12.8. The summed E-state index contributed by atoms with van der Waals surface area (Å²) in [6.45, 7) is 2.58. The van der Waals surface area contributed by atoms with Gasteiger partial charge in [0.1, 0.15) is 5.75 Å². The average molecular weight is 369 g/mol. The number of fused-ring (bicyclic) bond motifs is 1. The van der Waals surface area contributed by atoms with Crippen molar-refractivity contribution in [3.05, 3.63) is 41.6 Å². The van der Waals surface area contributed by atoms with Gasteiger partial charge in [0.25, 0.3) is 11.7 Å². The van der Waals surface area contributed by atoms with E-state index in [1.165, 1.54) is 11.9 Å². The normalized spacial score (nSPS) is 21.2. The highest BCUT2D eigenvalue weighted by atomic mass is 16.5. The first-order valence-electron chi connectivity index (χ1n) is 9.03. The predicted molar refractivity (Wildman–Crippen MR) is 103 cm³/mol. The second kappa shape index (κ2) is 7.73. The fraction of sp³-hybridized carbons (Fsp3) is 0.400. The van der Waals surface area contributed by atoms with Crippen molar-refractivity contribution in [2.45, 2.75) is 19.8 Å². The first-order chi connectivity index (χ1) is 13.0. The van der Waals surface area contributed by atoms with E-state index >= 15 is 0 Å². The van der Waals surface area contributed by atoms with Gasteiger partial charge < -0.3 is 4.74 Å². The number of hydrogen-bond acceptors (Lipinski definition) is 4. The third kappa shape index (κ3) is 3.49. The molecule has 0 aliphatic carbocycles. The van der Waals surface area contributed by atoms with Crippen LogP contribution in [0.4, 0.5) is 4.79 Å². The third-order valence-corrected chi connectivity index (χ3v) is 4.98. The van der Waals surface area contributed by atoms with Gasteiger partial charge in [0.15, 0.2) is 5.92 Å². The highest BCUT2D eigenvalue weighted by Crippen LogP contribution is 2.22. The van der Waals surface area contributed by atoms with Crippen molar-refractivity contribution in [3.8, 4) is 5.75 Å². The van der Waals surface area contributed by atoms with E-state index in [-0.39, 0.29) is 11.9 Å². The van der Waals surface area contributed by atoms with Gasteiger partial charge in [-0.2, -0.15) is 4.90 Å². The molecule has 7 heteroatoms. The van der Waals surface area contributed by atoms with E-state index in [1.807, 2.05) is 37.4 Å². The van der Waals surface area contributed by atoms with Crippen LogP contribution in [0.25, 0.3) is 0 Å². The molecule has 3 amide bonds. The molecule has 0 spiro atoms. The number of nitrogens with zero attached hydrogens (tertiary/aromatic N) is 3.